The van der Waals surface area contributed by atoms with Gasteiger partial charge in [0.05, 0.1) is 5.56 Å². The molecular weight excluding hydrogens is 367 g/mol. The van der Waals surface area contributed by atoms with Crippen molar-refractivity contribution < 1.29 is 17.6 Å². The van der Waals surface area contributed by atoms with E-state index in [4.69, 9.17) is 0 Å². The second-order valence-corrected chi connectivity index (χ2v) is 6.79. The highest BCUT2D eigenvalue weighted by atomic mass is 35.5. The van der Waals surface area contributed by atoms with E-state index in [9.17, 15) is 17.6 Å². The topological polar surface area (TPSA) is 15.3 Å². The molecule has 1 fully saturated rings. The Bertz CT molecular complexity index is 524. The minimum absolute atomic E-state index is 0. The molecule has 140 valence electrons. The van der Waals surface area contributed by atoms with E-state index in [1.54, 1.807) is 0 Å². The maximum absolute atomic E-state index is 13.5. The molecular formula is C16H24Cl2F4N2. The molecule has 1 saturated heterocycles. The predicted molar refractivity (Wildman–Crippen MR) is 92.5 cm³/mol. The largest absolute Gasteiger partial charge is 0.419 e. The predicted octanol–water partition coefficient (Wildman–Crippen LogP) is 4.68. The summed E-state index contributed by atoms with van der Waals surface area (Å²) in [6, 6.07) is 3.19. The van der Waals surface area contributed by atoms with E-state index in [-0.39, 0.29) is 36.3 Å². The first-order valence-corrected chi connectivity index (χ1v) is 7.42. The molecule has 0 aliphatic carbocycles. The number of halogens is 6. The van der Waals surface area contributed by atoms with Crippen molar-refractivity contribution in [3.05, 3.63) is 35.1 Å². The third-order valence-corrected chi connectivity index (χ3v) is 3.95. The quantitative estimate of drug-likeness (QED) is 0.737. The zero-order valence-corrected chi connectivity index (χ0v) is 15.5. The van der Waals surface area contributed by atoms with Crippen LogP contribution in [-0.2, 0) is 6.18 Å². The zero-order valence-electron chi connectivity index (χ0n) is 13.9. The molecule has 1 N–H and O–H groups in total. The molecule has 2 nitrogen and oxygen atoms in total. The molecule has 0 radical (unpaired) electrons. The number of nitrogens with one attached hydrogen (secondary N) is 1. The van der Waals surface area contributed by atoms with Crippen molar-refractivity contribution in [2.45, 2.75) is 33.0 Å². The lowest BCUT2D eigenvalue weighted by molar-refractivity contribution is -0.140. The van der Waals surface area contributed by atoms with Crippen LogP contribution in [0.3, 0.4) is 0 Å². The molecule has 1 aliphatic heterocycles. The summed E-state index contributed by atoms with van der Waals surface area (Å²) in [6.07, 6.45) is -4.67. The van der Waals surface area contributed by atoms with Gasteiger partial charge < -0.3 is 5.32 Å². The summed E-state index contributed by atoms with van der Waals surface area (Å²) in [5, 5.41) is 3.24. The first-order valence-electron chi connectivity index (χ1n) is 7.42. The van der Waals surface area contributed by atoms with Crippen molar-refractivity contribution in [1.82, 2.24) is 10.2 Å². The summed E-state index contributed by atoms with van der Waals surface area (Å²) in [6.45, 7) is 9.13. The van der Waals surface area contributed by atoms with Gasteiger partial charge in [0.2, 0.25) is 0 Å². The number of piperazine rings is 1. The van der Waals surface area contributed by atoms with Crippen LogP contribution in [0.5, 0.6) is 0 Å². The summed E-state index contributed by atoms with van der Waals surface area (Å²) in [5.41, 5.74) is -0.921. The second kappa shape index (κ2) is 8.70. The van der Waals surface area contributed by atoms with E-state index in [2.05, 4.69) is 10.2 Å². The van der Waals surface area contributed by atoms with Crippen molar-refractivity contribution in [3.8, 4) is 0 Å². The minimum atomic E-state index is -4.67. The average molecular weight is 391 g/mol. The van der Waals surface area contributed by atoms with Crippen molar-refractivity contribution in [1.29, 1.82) is 0 Å². The Hall–Kier alpha value is -0.560. The molecule has 0 aromatic heterocycles. The highest BCUT2D eigenvalue weighted by Gasteiger charge is 2.37. The molecule has 2 rings (SSSR count). The van der Waals surface area contributed by atoms with E-state index in [1.807, 2.05) is 20.8 Å². The molecule has 0 saturated carbocycles. The second-order valence-electron chi connectivity index (χ2n) is 6.79. The van der Waals surface area contributed by atoms with Crippen LogP contribution in [0.2, 0.25) is 0 Å². The van der Waals surface area contributed by atoms with Crippen LogP contribution in [0.25, 0.3) is 0 Å². The Morgan fingerprint density at radius 3 is 2.04 bits per heavy atom. The number of hydrogen-bond donors (Lipinski definition) is 1. The third kappa shape index (κ3) is 5.48. The maximum Gasteiger partial charge on any atom is 0.419 e. The lowest BCUT2D eigenvalue weighted by Crippen LogP contribution is -2.48. The van der Waals surface area contributed by atoms with E-state index in [1.165, 1.54) is 6.07 Å². The van der Waals surface area contributed by atoms with Gasteiger partial charge in [-0.05, 0) is 23.1 Å². The number of benzene rings is 1. The van der Waals surface area contributed by atoms with Gasteiger partial charge in [-0.1, -0.05) is 26.8 Å². The fourth-order valence-corrected chi connectivity index (χ4v) is 3.13. The number of nitrogens with zero attached hydrogens (tertiary/aromatic N) is 1. The van der Waals surface area contributed by atoms with Crippen LogP contribution in [0.4, 0.5) is 17.6 Å². The molecule has 0 bridgehead atoms. The number of hydrogen-bond acceptors (Lipinski definition) is 2. The van der Waals surface area contributed by atoms with Crippen LogP contribution in [0, 0.1) is 11.2 Å². The van der Waals surface area contributed by atoms with Crippen molar-refractivity contribution >= 4 is 24.8 Å². The highest BCUT2D eigenvalue weighted by molar-refractivity contribution is 5.85. The van der Waals surface area contributed by atoms with Gasteiger partial charge in [0.1, 0.15) is 5.82 Å². The number of rotatable bonds is 2. The van der Waals surface area contributed by atoms with E-state index < -0.39 is 17.6 Å². The SMILES string of the molecule is CC(C)(C)[C@@H](c1ccc(F)c(C(F)(F)F)c1)N1CCNCC1.Cl.Cl. The Morgan fingerprint density at radius 1 is 1.04 bits per heavy atom. The van der Waals surface area contributed by atoms with Gasteiger partial charge in [0.15, 0.2) is 0 Å². The number of alkyl halides is 3. The average Bonchev–Trinajstić information content (AvgIpc) is 2.39. The van der Waals surface area contributed by atoms with Gasteiger partial charge in [0, 0.05) is 32.2 Å². The molecule has 0 spiro atoms. The lowest BCUT2D eigenvalue weighted by atomic mass is 9.80. The normalized spacial score (nSPS) is 17.6. The van der Waals surface area contributed by atoms with Gasteiger partial charge in [-0.15, -0.1) is 24.8 Å². The van der Waals surface area contributed by atoms with Crippen molar-refractivity contribution in [3.63, 3.8) is 0 Å². The Morgan fingerprint density at radius 2 is 1.58 bits per heavy atom. The molecule has 0 unspecified atom stereocenters. The van der Waals surface area contributed by atoms with Crippen LogP contribution in [-0.4, -0.2) is 31.1 Å². The van der Waals surface area contributed by atoms with Gasteiger partial charge in [-0.25, -0.2) is 4.39 Å². The fourth-order valence-electron chi connectivity index (χ4n) is 3.13. The Labute approximate surface area is 152 Å². The molecule has 0 amide bonds. The molecule has 1 atom stereocenters. The molecule has 1 aromatic rings. The standard InChI is InChI=1S/C16H22F4N2.2ClH/c1-15(2,3)14(22-8-6-21-7-9-22)11-4-5-13(17)12(10-11)16(18,19)20;;/h4-5,10,14,21H,6-9H2,1-3H3;2*1H/t14-;;/m1../s1. The molecule has 24 heavy (non-hydrogen) atoms. The lowest BCUT2D eigenvalue weighted by Gasteiger charge is -2.42. The molecule has 1 aliphatic rings. The van der Waals surface area contributed by atoms with E-state index in [0.29, 0.717) is 5.56 Å². The zero-order chi connectivity index (χ0) is 16.5. The highest BCUT2D eigenvalue weighted by Crippen LogP contribution is 2.40. The minimum Gasteiger partial charge on any atom is -0.314 e. The fraction of sp³-hybridized carbons (Fsp3) is 0.625. The maximum atomic E-state index is 13.5. The van der Waals surface area contributed by atoms with Gasteiger partial charge in [0.25, 0.3) is 0 Å². The summed E-state index contributed by atoms with van der Waals surface area (Å²) >= 11 is 0. The Balaban J connectivity index is 0.00000264. The van der Waals surface area contributed by atoms with Crippen molar-refractivity contribution in [2.75, 3.05) is 26.2 Å². The van der Waals surface area contributed by atoms with Crippen LogP contribution < -0.4 is 5.32 Å². The summed E-state index contributed by atoms with van der Waals surface area (Å²) < 4.78 is 52.4. The van der Waals surface area contributed by atoms with E-state index in [0.717, 1.165) is 38.3 Å². The van der Waals surface area contributed by atoms with Crippen LogP contribution in [0.1, 0.15) is 37.9 Å². The smallest absolute Gasteiger partial charge is 0.314 e. The molecule has 1 heterocycles. The van der Waals surface area contributed by atoms with E-state index >= 15 is 0 Å². The van der Waals surface area contributed by atoms with Crippen LogP contribution >= 0.6 is 24.8 Å². The summed E-state index contributed by atoms with van der Waals surface area (Å²) in [4.78, 5) is 2.17. The van der Waals surface area contributed by atoms with Gasteiger partial charge in [-0.2, -0.15) is 13.2 Å². The summed E-state index contributed by atoms with van der Waals surface area (Å²) in [5.74, 6) is -1.22. The first-order chi connectivity index (χ1) is 10.1. The van der Waals surface area contributed by atoms with Gasteiger partial charge in [-0.3, -0.25) is 4.90 Å². The molecule has 8 heteroatoms. The molecule has 1 aromatic carbocycles. The Kier molecular flexibility index (Phi) is 8.49. The summed E-state index contributed by atoms with van der Waals surface area (Å²) in [7, 11) is 0. The first kappa shape index (κ1) is 23.4. The van der Waals surface area contributed by atoms with Crippen LogP contribution in [0.15, 0.2) is 18.2 Å². The van der Waals surface area contributed by atoms with Crippen molar-refractivity contribution in [2.24, 2.45) is 5.41 Å². The van der Waals surface area contributed by atoms with Gasteiger partial charge >= 0.3 is 6.18 Å². The monoisotopic (exact) mass is 390 g/mol. The third-order valence-electron chi connectivity index (χ3n) is 3.95.